The Labute approximate surface area is 124 Å². The third-order valence-corrected chi connectivity index (χ3v) is 3.59. The van der Waals surface area contributed by atoms with E-state index in [1.165, 1.54) is 0 Å². The Morgan fingerprint density at radius 1 is 1.43 bits per heavy atom. The Balaban J connectivity index is 2.09. The molecule has 0 aliphatic carbocycles. The highest BCUT2D eigenvalue weighted by Crippen LogP contribution is 2.18. The highest BCUT2D eigenvalue weighted by atomic mass is 16.5. The van der Waals surface area contributed by atoms with E-state index >= 15 is 0 Å². The molecule has 1 aromatic heterocycles. The lowest BCUT2D eigenvalue weighted by molar-refractivity contribution is -0.135. The van der Waals surface area contributed by atoms with Gasteiger partial charge in [-0.05, 0) is 13.8 Å². The molecule has 1 aromatic rings. The molecule has 0 bridgehead atoms. The zero-order valence-electron chi connectivity index (χ0n) is 12.8. The predicted molar refractivity (Wildman–Crippen MR) is 81.0 cm³/mol. The number of amides is 1. The first-order valence-electron chi connectivity index (χ1n) is 7.29. The van der Waals surface area contributed by atoms with Gasteiger partial charge in [0, 0.05) is 25.1 Å². The summed E-state index contributed by atoms with van der Waals surface area (Å²) in [4.78, 5) is 22.8. The van der Waals surface area contributed by atoms with E-state index in [0.717, 1.165) is 5.56 Å². The van der Waals surface area contributed by atoms with Crippen molar-refractivity contribution in [2.75, 3.05) is 37.4 Å². The fourth-order valence-corrected chi connectivity index (χ4v) is 2.21. The first kappa shape index (κ1) is 15.5. The van der Waals surface area contributed by atoms with Crippen molar-refractivity contribution in [3.8, 4) is 0 Å². The summed E-state index contributed by atoms with van der Waals surface area (Å²) in [6.45, 7) is 8.11. The molecular weight excluding hydrogens is 270 g/mol. The number of nitrogens with zero attached hydrogens (tertiary/aromatic N) is 3. The summed E-state index contributed by atoms with van der Waals surface area (Å²) in [5.74, 6) is 1.81. The monoisotopic (exact) mass is 293 g/mol. The molecule has 1 aliphatic rings. The van der Waals surface area contributed by atoms with Crippen LogP contribution in [-0.4, -0.2) is 53.1 Å². The zero-order valence-corrected chi connectivity index (χ0v) is 12.8. The summed E-state index contributed by atoms with van der Waals surface area (Å²) in [7, 11) is 0. The molecular formula is C14H23N5O2. The smallest absolute Gasteiger partial charge is 0.244 e. The van der Waals surface area contributed by atoms with Gasteiger partial charge in [0.05, 0.1) is 13.2 Å². The lowest BCUT2D eigenvalue weighted by Gasteiger charge is -2.29. The number of hydrogen-bond donors (Lipinski definition) is 2. The van der Waals surface area contributed by atoms with Crippen LogP contribution in [0.3, 0.4) is 0 Å². The van der Waals surface area contributed by atoms with E-state index in [9.17, 15) is 4.79 Å². The van der Waals surface area contributed by atoms with Gasteiger partial charge in [-0.25, -0.2) is 9.97 Å². The molecule has 1 amide bonds. The van der Waals surface area contributed by atoms with E-state index < -0.39 is 0 Å². The number of hydrogen-bond acceptors (Lipinski definition) is 6. The molecule has 2 rings (SSSR count). The van der Waals surface area contributed by atoms with Crippen LogP contribution < -0.4 is 11.1 Å². The summed E-state index contributed by atoms with van der Waals surface area (Å²) < 4.78 is 5.26. The van der Waals surface area contributed by atoms with Gasteiger partial charge in [-0.2, -0.15) is 0 Å². The summed E-state index contributed by atoms with van der Waals surface area (Å²) in [5.41, 5.74) is 6.66. The van der Waals surface area contributed by atoms with Crippen molar-refractivity contribution in [3.63, 3.8) is 0 Å². The molecule has 1 saturated heterocycles. The van der Waals surface area contributed by atoms with Gasteiger partial charge in [0.15, 0.2) is 0 Å². The van der Waals surface area contributed by atoms with Crippen molar-refractivity contribution in [2.45, 2.75) is 33.2 Å². The number of ether oxygens (including phenoxy) is 1. The molecule has 2 heterocycles. The van der Waals surface area contributed by atoms with Gasteiger partial charge < -0.3 is 20.7 Å². The Bertz CT molecular complexity index is 514. The molecule has 7 heteroatoms. The largest absolute Gasteiger partial charge is 0.383 e. The van der Waals surface area contributed by atoms with Crippen molar-refractivity contribution in [2.24, 2.45) is 0 Å². The Morgan fingerprint density at radius 3 is 2.71 bits per heavy atom. The highest BCUT2D eigenvalue weighted by molar-refractivity contribution is 5.84. The molecule has 0 spiro atoms. The number of aryl methyl sites for hydroxylation is 1. The van der Waals surface area contributed by atoms with Crippen molar-refractivity contribution >= 4 is 17.5 Å². The van der Waals surface area contributed by atoms with E-state index in [4.69, 9.17) is 10.5 Å². The molecule has 1 fully saturated rings. The number of rotatable bonds is 4. The van der Waals surface area contributed by atoms with E-state index in [1.807, 2.05) is 25.7 Å². The number of nitrogen functional groups attached to an aromatic ring is 1. The van der Waals surface area contributed by atoms with Crippen LogP contribution in [-0.2, 0) is 16.0 Å². The minimum absolute atomic E-state index is 0.0490. The van der Waals surface area contributed by atoms with Crippen molar-refractivity contribution in [1.82, 2.24) is 14.9 Å². The van der Waals surface area contributed by atoms with Gasteiger partial charge in [0.25, 0.3) is 0 Å². The van der Waals surface area contributed by atoms with Crippen LogP contribution >= 0.6 is 0 Å². The van der Waals surface area contributed by atoms with Crippen LogP contribution in [0.2, 0.25) is 0 Å². The Morgan fingerprint density at radius 2 is 2.10 bits per heavy atom. The predicted octanol–water partition coefficient (Wildman–Crippen LogP) is 0.589. The van der Waals surface area contributed by atoms with Crippen LogP contribution in [0.25, 0.3) is 0 Å². The van der Waals surface area contributed by atoms with Crippen LogP contribution in [0.1, 0.15) is 25.2 Å². The highest BCUT2D eigenvalue weighted by Gasteiger charge is 2.23. The number of carbonyl (C=O) groups is 1. The summed E-state index contributed by atoms with van der Waals surface area (Å²) in [6.07, 6.45) is 0.699. The minimum atomic E-state index is -0.360. The lowest BCUT2D eigenvalue weighted by atomic mass is 10.2. The van der Waals surface area contributed by atoms with Gasteiger partial charge in [0.2, 0.25) is 5.91 Å². The van der Waals surface area contributed by atoms with Crippen LogP contribution in [0.15, 0.2) is 0 Å². The molecule has 1 aliphatic heterocycles. The molecule has 0 aromatic carbocycles. The van der Waals surface area contributed by atoms with Crippen LogP contribution in [0, 0.1) is 6.92 Å². The molecule has 0 radical (unpaired) electrons. The SMILES string of the molecule is CCc1nc(N)c(C)c(NC(C)C(=O)N2CCOCC2)n1. The average Bonchev–Trinajstić information content (AvgIpc) is 2.51. The normalized spacial score (nSPS) is 16.6. The number of carbonyl (C=O) groups excluding carboxylic acids is 1. The molecule has 116 valence electrons. The Hall–Kier alpha value is -1.89. The van der Waals surface area contributed by atoms with Crippen LogP contribution in [0.5, 0.6) is 0 Å². The van der Waals surface area contributed by atoms with E-state index in [-0.39, 0.29) is 11.9 Å². The van der Waals surface area contributed by atoms with Gasteiger partial charge in [0.1, 0.15) is 23.5 Å². The molecule has 7 nitrogen and oxygen atoms in total. The van der Waals surface area contributed by atoms with Gasteiger partial charge in [-0.3, -0.25) is 4.79 Å². The quantitative estimate of drug-likeness (QED) is 0.844. The fraction of sp³-hybridized carbons (Fsp3) is 0.643. The van der Waals surface area contributed by atoms with Gasteiger partial charge in [-0.1, -0.05) is 6.92 Å². The second kappa shape index (κ2) is 6.71. The zero-order chi connectivity index (χ0) is 15.4. The number of aromatic nitrogens is 2. The van der Waals surface area contributed by atoms with Crippen molar-refractivity contribution in [1.29, 1.82) is 0 Å². The molecule has 1 atom stereocenters. The summed E-state index contributed by atoms with van der Waals surface area (Å²) >= 11 is 0. The first-order chi connectivity index (χ1) is 10.0. The Kier molecular flexibility index (Phi) is 4.95. The van der Waals surface area contributed by atoms with Crippen molar-refractivity contribution in [3.05, 3.63) is 11.4 Å². The van der Waals surface area contributed by atoms with Gasteiger partial charge >= 0.3 is 0 Å². The molecule has 1 unspecified atom stereocenters. The number of anilines is 2. The summed E-state index contributed by atoms with van der Waals surface area (Å²) in [6, 6.07) is -0.360. The topological polar surface area (TPSA) is 93.4 Å². The minimum Gasteiger partial charge on any atom is -0.383 e. The lowest BCUT2D eigenvalue weighted by Crippen LogP contribution is -2.47. The first-order valence-corrected chi connectivity index (χ1v) is 7.29. The number of nitrogens with one attached hydrogen (secondary N) is 1. The number of morpholine rings is 1. The second-order valence-corrected chi connectivity index (χ2v) is 5.16. The van der Waals surface area contributed by atoms with Crippen molar-refractivity contribution < 1.29 is 9.53 Å². The molecule has 3 N–H and O–H groups in total. The maximum absolute atomic E-state index is 12.4. The molecule has 21 heavy (non-hydrogen) atoms. The standard InChI is InChI=1S/C14H23N5O2/c1-4-11-17-12(15)9(2)13(18-11)16-10(3)14(20)19-5-7-21-8-6-19/h10H,4-8H2,1-3H3,(H3,15,16,17,18). The van der Waals surface area contributed by atoms with E-state index in [1.54, 1.807) is 0 Å². The number of nitrogens with two attached hydrogens (primary N) is 1. The summed E-state index contributed by atoms with van der Waals surface area (Å²) in [5, 5.41) is 3.16. The van der Waals surface area contributed by atoms with Crippen LogP contribution in [0.4, 0.5) is 11.6 Å². The van der Waals surface area contributed by atoms with E-state index in [0.29, 0.717) is 50.2 Å². The van der Waals surface area contributed by atoms with E-state index in [2.05, 4.69) is 15.3 Å². The second-order valence-electron chi connectivity index (χ2n) is 5.16. The van der Waals surface area contributed by atoms with Gasteiger partial charge in [-0.15, -0.1) is 0 Å². The molecule has 0 saturated carbocycles. The fourth-order valence-electron chi connectivity index (χ4n) is 2.21. The average molecular weight is 293 g/mol. The third-order valence-electron chi connectivity index (χ3n) is 3.59. The maximum atomic E-state index is 12.4. The third kappa shape index (κ3) is 3.60. The maximum Gasteiger partial charge on any atom is 0.244 e.